The van der Waals surface area contributed by atoms with Crippen LogP contribution in [0, 0.1) is 0 Å². The van der Waals surface area contributed by atoms with Gasteiger partial charge < -0.3 is 4.90 Å². The fourth-order valence-electron chi connectivity index (χ4n) is 1.72. The highest BCUT2D eigenvalue weighted by Crippen LogP contribution is 2.18. The minimum Gasteiger partial charge on any atom is -0.337 e. The molecule has 17 heavy (non-hydrogen) atoms. The molecule has 0 bridgehead atoms. The lowest BCUT2D eigenvalue weighted by Crippen LogP contribution is -2.43. The fourth-order valence-corrected chi connectivity index (χ4v) is 3.14. The molecule has 92 valence electrons. The lowest BCUT2D eigenvalue weighted by atomic mass is 10.2. The number of hydrogen-bond donors (Lipinski definition) is 0. The van der Waals surface area contributed by atoms with Gasteiger partial charge in [-0.1, -0.05) is 23.7 Å². The first kappa shape index (κ1) is 12.4. The van der Waals surface area contributed by atoms with E-state index < -0.39 is 9.84 Å². The number of halogens is 1. The quantitative estimate of drug-likeness (QED) is 0.773. The zero-order chi connectivity index (χ0) is 12.5. The molecule has 0 atom stereocenters. The minimum absolute atomic E-state index is 0.0309. The molecule has 1 aromatic rings. The second-order valence-electron chi connectivity index (χ2n) is 3.92. The van der Waals surface area contributed by atoms with E-state index >= 15 is 0 Å². The maximum absolute atomic E-state index is 12.1. The Morgan fingerprint density at radius 2 is 1.76 bits per heavy atom. The van der Waals surface area contributed by atoms with Gasteiger partial charge in [0.2, 0.25) is 0 Å². The highest BCUT2D eigenvalue weighted by atomic mass is 35.5. The highest BCUT2D eigenvalue weighted by Gasteiger charge is 2.26. The normalized spacial score (nSPS) is 19.0. The van der Waals surface area contributed by atoms with E-state index in [4.69, 9.17) is 11.6 Å². The third kappa shape index (κ3) is 2.79. The van der Waals surface area contributed by atoms with Crippen molar-refractivity contribution in [2.45, 2.75) is 0 Å². The molecule has 1 saturated heterocycles. The Kier molecular flexibility index (Phi) is 3.40. The topological polar surface area (TPSA) is 54.5 Å². The average molecular weight is 274 g/mol. The van der Waals surface area contributed by atoms with E-state index in [1.54, 1.807) is 24.3 Å². The van der Waals surface area contributed by atoms with Crippen LogP contribution in [0.5, 0.6) is 0 Å². The van der Waals surface area contributed by atoms with Gasteiger partial charge in [-0.3, -0.25) is 4.79 Å². The number of nitrogens with zero attached hydrogens (tertiary/aromatic N) is 1. The summed E-state index contributed by atoms with van der Waals surface area (Å²) in [5.74, 6) is -0.141. The Morgan fingerprint density at radius 1 is 1.18 bits per heavy atom. The van der Waals surface area contributed by atoms with Gasteiger partial charge in [0.05, 0.1) is 22.1 Å². The van der Waals surface area contributed by atoms with Crippen molar-refractivity contribution in [2.75, 3.05) is 24.6 Å². The first-order valence-corrected chi connectivity index (χ1v) is 7.44. The van der Waals surface area contributed by atoms with Crippen LogP contribution in [0.25, 0.3) is 0 Å². The molecule has 0 unspecified atom stereocenters. The number of carbonyl (C=O) groups is 1. The van der Waals surface area contributed by atoms with Gasteiger partial charge in [-0.25, -0.2) is 8.42 Å². The van der Waals surface area contributed by atoms with Crippen LogP contribution in [-0.2, 0) is 9.84 Å². The van der Waals surface area contributed by atoms with E-state index in [-0.39, 0.29) is 30.5 Å². The van der Waals surface area contributed by atoms with Crippen molar-refractivity contribution >= 4 is 27.3 Å². The van der Waals surface area contributed by atoms with E-state index in [0.29, 0.717) is 10.6 Å². The maximum Gasteiger partial charge on any atom is 0.255 e. The van der Waals surface area contributed by atoms with Crippen LogP contribution in [0.15, 0.2) is 24.3 Å². The summed E-state index contributed by atoms with van der Waals surface area (Å²) in [5.41, 5.74) is 0.425. The summed E-state index contributed by atoms with van der Waals surface area (Å²) in [6.45, 7) is 0.485. The van der Waals surface area contributed by atoms with Crippen LogP contribution in [0.1, 0.15) is 10.4 Å². The predicted molar refractivity (Wildman–Crippen MR) is 66.0 cm³/mol. The molecule has 0 spiro atoms. The zero-order valence-corrected chi connectivity index (χ0v) is 10.7. The Balaban J connectivity index is 2.15. The van der Waals surface area contributed by atoms with E-state index in [1.807, 2.05) is 0 Å². The van der Waals surface area contributed by atoms with E-state index in [9.17, 15) is 13.2 Å². The Hall–Kier alpha value is -1.07. The number of sulfone groups is 1. The Labute approximate surface area is 105 Å². The summed E-state index contributed by atoms with van der Waals surface area (Å²) in [7, 11) is -2.97. The second kappa shape index (κ2) is 4.66. The summed E-state index contributed by atoms with van der Waals surface area (Å²) < 4.78 is 22.5. The fraction of sp³-hybridized carbons (Fsp3) is 0.364. The van der Waals surface area contributed by atoms with E-state index in [2.05, 4.69) is 0 Å². The van der Waals surface area contributed by atoms with Gasteiger partial charge in [0.25, 0.3) is 5.91 Å². The number of amides is 1. The number of rotatable bonds is 1. The SMILES string of the molecule is O=C(c1ccccc1Cl)N1CCS(=O)(=O)CC1. The molecule has 1 aliphatic heterocycles. The van der Waals surface area contributed by atoms with Gasteiger partial charge in [0.1, 0.15) is 0 Å². The Bertz CT molecular complexity index is 527. The third-order valence-electron chi connectivity index (χ3n) is 2.74. The molecular formula is C11H12ClNO3S. The summed E-state index contributed by atoms with van der Waals surface area (Å²) >= 11 is 5.93. The van der Waals surface area contributed by atoms with Crippen molar-refractivity contribution in [3.05, 3.63) is 34.9 Å². The molecule has 1 fully saturated rings. The minimum atomic E-state index is -2.97. The van der Waals surface area contributed by atoms with Gasteiger partial charge in [-0.2, -0.15) is 0 Å². The number of benzene rings is 1. The summed E-state index contributed by atoms with van der Waals surface area (Å²) in [4.78, 5) is 13.6. The smallest absolute Gasteiger partial charge is 0.255 e. The molecular weight excluding hydrogens is 262 g/mol. The summed E-state index contributed by atoms with van der Waals surface area (Å²) in [5, 5.41) is 0.394. The third-order valence-corrected chi connectivity index (χ3v) is 4.67. The van der Waals surface area contributed by atoms with Crippen LogP contribution in [0.4, 0.5) is 0 Å². The maximum atomic E-state index is 12.1. The van der Waals surface area contributed by atoms with Crippen molar-refractivity contribution in [1.82, 2.24) is 4.90 Å². The van der Waals surface area contributed by atoms with Gasteiger partial charge in [-0.15, -0.1) is 0 Å². The van der Waals surface area contributed by atoms with Crippen molar-refractivity contribution in [1.29, 1.82) is 0 Å². The Morgan fingerprint density at radius 3 is 2.35 bits per heavy atom. The first-order valence-electron chi connectivity index (χ1n) is 5.24. The molecule has 2 rings (SSSR count). The monoisotopic (exact) mass is 273 g/mol. The average Bonchev–Trinajstić information content (AvgIpc) is 2.29. The summed E-state index contributed by atoms with van der Waals surface area (Å²) in [6, 6.07) is 6.78. The van der Waals surface area contributed by atoms with E-state index in [0.717, 1.165) is 0 Å². The molecule has 1 aliphatic rings. The molecule has 1 amide bonds. The largest absolute Gasteiger partial charge is 0.337 e. The molecule has 1 heterocycles. The second-order valence-corrected chi connectivity index (χ2v) is 6.63. The molecule has 4 nitrogen and oxygen atoms in total. The lowest BCUT2D eigenvalue weighted by Gasteiger charge is -2.27. The molecule has 0 saturated carbocycles. The van der Waals surface area contributed by atoms with Gasteiger partial charge in [0, 0.05) is 13.1 Å². The van der Waals surface area contributed by atoms with Crippen molar-refractivity contribution < 1.29 is 13.2 Å². The molecule has 1 aromatic carbocycles. The molecule has 0 radical (unpaired) electrons. The standard InChI is InChI=1S/C11H12ClNO3S/c12-10-4-2-1-3-9(10)11(14)13-5-7-17(15,16)8-6-13/h1-4H,5-8H2. The van der Waals surface area contributed by atoms with Crippen LogP contribution in [0.2, 0.25) is 5.02 Å². The summed E-state index contributed by atoms with van der Waals surface area (Å²) in [6.07, 6.45) is 0. The molecule has 0 aliphatic carbocycles. The van der Waals surface area contributed by atoms with Gasteiger partial charge in [0.15, 0.2) is 9.84 Å². The van der Waals surface area contributed by atoms with Crippen molar-refractivity contribution in [3.8, 4) is 0 Å². The van der Waals surface area contributed by atoms with Crippen LogP contribution >= 0.6 is 11.6 Å². The van der Waals surface area contributed by atoms with Crippen LogP contribution < -0.4 is 0 Å². The molecule has 0 aromatic heterocycles. The first-order chi connectivity index (χ1) is 7.99. The molecule has 0 N–H and O–H groups in total. The zero-order valence-electron chi connectivity index (χ0n) is 9.10. The van der Waals surface area contributed by atoms with Crippen molar-refractivity contribution in [3.63, 3.8) is 0 Å². The van der Waals surface area contributed by atoms with Crippen LogP contribution in [-0.4, -0.2) is 43.8 Å². The van der Waals surface area contributed by atoms with Gasteiger partial charge in [-0.05, 0) is 12.1 Å². The van der Waals surface area contributed by atoms with Crippen LogP contribution in [0.3, 0.4) is 0 Å². The lowest BCUT2D eigenvalue weighted by molar-refractivity contribution is 0.0770. The predicted octanol–water partition coefficient (Wildman–Crippen LogP) is 1.21. The highest BCUT2D eigenvalue weighted by molar-refractivity contribution is 7.91. The number of carbonyl (C=O) groups excluding carboxylic acids is 1. The van der Waals surface area contributed by atoms with E-state index in [1.165, 1.54) is 4.90 Å². The number of hydrogen-bond acceptors (Lipinski definition) is 3. The van der Waals surface area contributed by atoms with Crippen molar-refractivity contribution in [2.24, 2.45) is 0 Å². The van der Waals surface area contributed by atoms with Gasteiger partial charge >= 0.3 is 0 Å². The molecule has 6 heteroatoms.